The second kappa shape index (κ2) is 9.12. The molecule has 1 N–H and O–H groups in total. The Labute approximate surface area is 183 Å². The normalized spacial score (nSPS) is 21.3. The highest BCUT2D eigenvalue weighted by Crippen LogP contribution is 2.31. The van der Waals surface area contributed by atoms with E-state index in [0.29, 0.717) is 36.9 Å². The van der Waals surface area contributed by atoms with Gasteiger partial charge in [-0.1, -0.05) is 24.4 Å². The van der Waals surface area contributed by atoms with Gasteiger partial charge in [0.2, 0.25) is 15.8 Å². The smallest absolute Gasteiger partial charge is 0.289 e. The van der Waals surface area contributed by atoms with Gasteiger partial charge in [-0.3, -0.25) is 9.48 Å². The average molecular weight is 450 g/mol. The van der Waals surface area contributed by atoms with E-state index in [1.54, 1.807) is 24.7 Å². The number of amides is 1. The molecule has 1 atom stereocenters. The van der Waals surface area contributed by atoms with Crippen LogP contribution in [0.15, 0.2) is 21.7 Å². The lowest BCUT2D eigenvalue weighted by atomic mass is 9.89. The summed E-state index contributed by atoms with van der Waals surface area (Å²) in [6.07, 6.45) is 8.98. The first-order chi connectivity index (χ1) is 14.9. The van der Waals surface area contributed by atoms with Crippen molar-refractivity contribution >= 4 is 15.9 Å². The van der Waals surface area contributed by atoms with Crippen LogP contribution in [0.2, 0.25) is 0 Å². The van der Waals surface area contributed by atoms with Crippen LogP contribution in [0.4, 0.5) is 0 Å². The van der Waals surface area contributed by atoms with E-state index in [1.807, 2.05) is 0 Å². The zero-order valence-electron chi connectivity index (χ0n) is 18.2. The van der Waals surface area contributed by atoms with Crippen molar-refractivity contribution in [3.05, 3.63) is 29.4 Å². The highest BCUT2D eigenvalue weighted by atomic mass is 32.2. The Balaban J connectivity index is 1.40. The molecule has 0 unspecified atom stereocenters. The predicted molar refractivity (Wildman–Crippen MR) is 114 cm³/mol. The highest BCUT2D eigenvalue weighted by Gasteiger charge is 2.34. The molecule has 0 radical (unpaired) electrons. The lowest BCUT2D eigenvalue weighted by Gasteiger charge is -2.30. The molecule has 2 fully saturated rings. The van der Waals surface area contributed by atoms with Crippen LogP contribution < -0.4 is 5.32 Å². The van der Waals surface area contributed by atoms with Crippen molar-refractivity contribution in [1.29, 1.82) is 0 Å². The largest absolute Gasteiger partial charge is 0.351 e. The van der Waals surface area contributed by atoms with E-state index in [4.69, 9.17) is 4.52 Å². The highest BCUT2D eigenvalue weighted by molar-refractivity contribution is 7.89. The monoisotopic (exact) mass is 449 g/mol. The van der Waals surface area contributed by atoms with Gasteiger partial charge in [0.05, 0.1) is 17.6 Å². The summed E-state index contributed by atoms with van der Waals surface area (Å²) in [5, 5.41) is 11.1. The van der Waals surface area contributed by atoms with Gasteiger partial charge in [-0.15, -0.1) is 0 Å². The van der Waals surface area contributed by atoms with Crippen LogP contribution in [0.1, 0.15) is 72.8 Å². The number of nitrogens with zero attached hydrogens (tertiary/aromatic N) is 4. The van der Waals surface area contributed by atoms with E-state index < -0.39 is 10.0 Å². The van der Waals surface area contributed by atoms with Crippen molar-refractivity contribution in [1.82, 2.24) is 24.6 Å². The zero-order chi connectivity index (χ0) is 22.0. The Hall–Kier alpha value is -2.20. The molecule has 0 aromatic carbocycles. The fourth-order valence-corrected chi connectivity index (χ4v) is 6.29. The second-order valence-corrected chi connectivity index (χ2v) is 10.7. The van der Waals surface area contributed by atoms with Gasteiger partial charge in [0.15, 0.2) is 0 Å². The molecule has 1 saturated carbocycles. The zero-order valence-corrected chi connectivity index (χ0v) is 19.0. The van der Waals surface area contributed by atoms with Gasteiger partial charge in [0.25, 0.3) is 5.91 Å². The molecule has 2 aromatic rings. The van der Waals surface area contributed by atoms with E-state index in [1.165, 1.54) is 29.8 Å². The quantitative estimate of drug-likeness (QED) is 0.726. The fourth-order valence-electron chi connectivity index (χ4n) is 4.58. The number of hydrogen-bond acceptors (Lipinski definition) is 6. The maximum absolute atomic E-state index is 13.1. The molecular formula is C21H31N5O4S. The van der Waals surface area contributed by atoms with Gasteiger partial charge in [0.1, 0.15) is 4.90 Å². The van der Waals surface area contributed by atoms with Crippen LogP contribution in [-0.2, 0) is 17.1 Å². The summed E-state index contributed by atoms with van der Waals surface area (Å²) in [5.41, 5.74) is 1.24. The Kier molecular flexibility index (Phi) is 6.47. The summed E-state index contributed by atoms with van der Waals surface area (Å²) in [4.78, 5) is 12.7. The molecule has 0 bridgehead atoms. The van der Waals surface area contributed by atoms with E-state index >= 15 is 0 Å². The van der Waals surface area contributed by atoms with Crippen LogP contribution in [0.3, 0.4) is 0 Å². The number of rotatable bonds is 6. The molecule has 1 aliphatic heterocycles. The molecule has 3 heterocycles. The first-order valence-electron chi connectivity index (χ1n) is 11.1. The lowest BCUT2D eigenvalue weighted by molar-refractivity contribution is 0.0906. The van der Waals surface area contributed by atoms with Crippen molar-refractivity contribution in [3.63, 3.8) is 0 Å². The van der Waals surface area contributed by atoms with Crippen molar-refractivity contribution in [2.75, 3.05) is 19.6 Å². The molecule has 2 aliphatic rings. The van der Waals surface area contributed by atoms with Gasteiger partial charge in [0, 0.05) is 38.7 Å². The average Bonchev–Trinajstić information content (AvgIpc) is 3.41. The predicted octanol–water partition coefficient (Wildman–Crippen LogP) is 2.59. The van der Waals surface area contributed by atoms with Gasteiger partial charge in [-0.25, -0.2) is 8.42 Å². The third kappa shape index (κ3) is 4.69. The fraction of sp³-hybridized carbons (Fsp3) is 0.667. The third-order valence-electron chi connectivity index (χ3n) is 6.64. The van der Waals surface area contributed by atoms with Crippen molar-refractivity contribution in [2.24, 2.45) is 13.0 Å². The molecule has 1 saturated heterocycles. The number of aryl methyl sites for hydroxylation is 1. The molecule has 31 heavy (non-hydrogen) atoms. The first kappa shape index (κ1) is 22.0. The molecule has 1 amide bonds. The van der Waals surface area contributed by atoms with Crippen molar-refractivity contribution in [2.45, 2.75) is 62.7 Å². The minimum absolute atomic E-state index is 0.107. The van der Waals surface area contributed by atoms with Gasteiger partial charge in [-0.2, -0.15) is 9.40 Å². The molecule has 2 aromatic heterocycles. The van der Waals surface area contributed by atoms with Crippen LogP contribution in [0, 0.1) is 12.8 Å². The maximum Gasteiger partial charge on any atom is 0.289 e. The minimum Gasteiger partial charge on any atom is -0.351 e. The maximum atomic E-state index is 13.1. The lowest BCUT2D eigenvalue weighted by Crippen LogP contribution is -2.39. The van der Waals surface area contributed by atoms with E-state index in [0.717, 1.165) is 25.7 Å². The first-order valence-corrected chi connectivity index (χ1v) is 12.5. The van der Waals surface area contributed by atoms with Crippen LogP contribution in [0.25, 0.3) is 0 Å². The molecule has 1 aliphatic carbocycles. The summed E-state index contributed by atoms with van der Waals surface area (Å²) in [6.45, 7) is 3.18. The minimum atomic E-state index is -3.63. The van der Waals surface area contributed by atoms with E-state index in [9.17, 15) is 13.2 Å². The van der Waals surface area contributed by atoms with Crippen molar-refractivity contribution < 1.29 is 17.7 Å². The van der Waals surface area contributed by atoms with Gasteiger partial charge < -0.3 is 9.84 Å². The standard InChI is InChI=1S/C21H31N5O4S/c1-15-20(13-23-25(15)2)31(28,29)26-10-6-9-17(14-26)18-11-19(30-24-18)21(27)22-12-16-7-4-3-5-8-16/h11,13,16-17H,3-10,12,14H2,1-2H3,(H,22,27)/t17-/m1/s1. The summed E-state index contributed by atoms with van der Waals surface area (Å²) < 4.78 is 34.6. The number of piperidine rings is 1. The van der Waals surface area contributed by atoms with Crippen molar-refractivity contribution in [3.8, 4) is 0 Å². The summed E-state index contributed by atoms with van der Waals surface area (Å²) >= 11 is 0. The van der Waals surface area contributed by atoms with Crippen LogP contribution in [0.5, 0.6) is 0 Å². The Bertz CT molecular complexity index is 1020. The molecule has 9 nitrogen and oxygen atoms in total. The number of aromatic nitrogens is 3. The SMILES string of the molecule is Cc1c(S(=O)(=O)N2CCC[C@@H](c3cc(C(=O)NCC4CCCCC4)on3)C2)cnn1C. The number of carbonyl (C=O) groups excluding carboxylic acids is 1. The number of hydrogen-bond donors (Lipinski definition) is 1. The summed E-state index contributed by atoms with van der Waals surface area (Å²) in [6, 6.07) is 1.66. The summed E-state index contributed by atoms with van der Waals surface area (Å²) in [5.74, 6) is 0.363. The number of sulfonamides is 1. The van der Waals surface area contributed by atoms with Crippen LogP contribution >= 0.6 is 0 Å². The summed E-state index contributed by atoms with van der Waals surface area (Å²) in [7, 11) is -1.91. The number of carbonyl (C=O) groups is 1. The van der Waals surface area contributed by atoms with Gasteiger partial charge >= 0.3 is 0 Å². The third-order valence-corrected chi connectivity index (χ3v) is 8.61. The van der Waals surface area contributed by atoms with Gasteiger partial charge in [-0.05, 0) is 38.5 Å². The number of nitrogens with one attached hydrogen (secondary N) is 1. The Morgan fingerprint density at radius 1 is 1.23 bits per heavy atom. The second-order valence-electron chi connectivity index (χ2n) is 8.75. The van der Waals surface area contributed by atoms with E-state index in [2.05, 4.69) is 15.6 Å². The molecule has 170 valence electrons. The molecule has 0 spiro atoms. The topological polar surface area (TPSA) is 110 Å². The Morgan fingerprint density at radius 3 is 2.71 bits per heavy atom. The van der Waals surface area contributed by atoms with Crippen LogP contribution in [-0.4, -0.2) is 53.2 Å². The van der Waals surface area contributed by atoms with E-state index in [-0.39, 0.29) is 22.5 Å². The molecular weight excluding hydrogens is 418 g/mol. The molecule has 4 rings (SSSR count). The molecule has 10 heteroatoms. The Morgan fingerprint density at radius 2 is 2.00 bits per heavy atom.